The van der Waals surface area contributed by atoms with E-state index >= 15 is 0 Å². The van der Waals surface area contributed by atoms with Crippen LogP contribution in [0.25, 0.3) is 11.2 Å². The first kappa shape index (κ1) is 20.6. The summed E-state index contributed by atoms with van der Waals surface area (Å²) in [6.07, 6.45) is 3.26. The van der Waals surface area contributed by atoms with Crippen molar-refractivity contribution < 1.29 is 0 Å². The lowest BCUT2D eigenvalue weighted by molar-refractivity contribution is 0.659. The van der Waals surface area contributed by atoms with E-state index in [-0.39, 0.29) is 0 Å². The monoisotopic (exact) mass is 436 g/mol. The Hall–Kier alpha value is -3.65. The van der Waals surface area contributed by atoms with E-state index in [4.69, 9.17) is 11.6 Å². The highest BCUT2D eigenvalue weighted by molar-refractivity contribution is 6.30. The molecule has 8 nitrogen and oxygen atoms in total. The number of benzene rings is 2. The number of H-pyrrole nitrogens is 1. The van der Waals surface area contributed by atoms with Gasteiger partial charge in [-0.05, 0) is 36.1 Å². The van der Waals surface area contributed by atoms with Gasteiger partial charge in [0.15, 0.2) is 11.2 Å². The standard InChI is InChI=1S/C22H21ClN6O2/c1-28-19-18(20(30)26-22(28)31)29(13-5-8-15-6-3-2-4-7-15)21(25-19)27-24-14-16-9-11-17(23)12-10-16/h2-4,6-7,9-12,14H,5,8,13H2,1H3,(H,25,27)(H,26,30,31). The topological polar surface area (TPSA) is 97.1 Å². The molecule has 0 atom stereocenters. The number of nitrogens with one attached hydrogen (secondary N) is 2. The molecule has 0 aliphatic carbocycles. The van der Waals surface area contributed by atoms with E-state index in [0.29, 0.717) is 28.7 Å². The Balaban J connectivity index is 1.64. The number of anilines is 1. The molecule has 0 radical (unpaired) electrons. The minimum atomic E-state index is -0.511. The van der Waals surface area contributed by atoms with E-state index in [1.54, 1.807) is 30.0 Å². The highest BCUT2D eigenvalue weighted by Gasteiger charge is 2.17. The zero-order valence-electron chi connectivity index (χ0n) is 16.9. The van der Waals surface area contributed by atoms with Gasteiger partial charge in [0.05, 0.1) is 6.21 Å². The maximum atomic E-state index is 12.5. The van der Waals surface area contributed by atoms with Gasteiger partial charge in [-0.2, -0.15) is 10.1 Å². The summed E-state index contributed by atoms with van der Waals surface area (Å²) in [6, 6.07) is 17.3. The maximum absolute atomic E-state index is 12.5. The van der Waals surface area contributed by atoms with Crippen molar-refractivity contribution in [3.05, 3.63) is 91.6 Å². The number of hydrazone groups is 1. The Kier molecular flexibility index (Phi) is 5.99. The molecule has 0 spiro atoms. The maximum Gasteiger partial charge on any atom is 0.329 e. The Morgan fingerprint density at radius 1 is 1.13 bits per heavy atom. The van der Waals surface area contributed by atoms with Crippen LogP contribution < -0.4 is 16.7 Å². The lowest BCUT2D eigenvalue weighted by atomic mass is 10.1. The first-order valence-corrected chi connectivity index (χ1v) is 10.2. The molecule has 0 bridgehead atoms. The van der Waals surface area contributed by atoms with Crippen LogP contribution in [0.15, 0.2) is 69.3 Å². The Bertz CT molecular complexity index is 1340. The fourth-order valence-electron chi connectivity index (χ4n) is 3.34. The van der Waals surface area contributed by atoms with E-state index in [1.165, 1.54) is 10.1 Å². The van der Waals surface area contributed by atoms with Gasteiger partial charge < -0.3 is 4.57 Å². The third kappa shape index (κ3) is 4.59. The average Bonchev–Trinajstić information content (AvgIpc) is 3.13. The molecule has 4 rings (SSSR count). The van der Waals surface area contributed by atoms with Crippen molar-refractivity contribution in [1.29, 1.82) is 0 Å². The van der Waals surface area contributed by atoms with Gasteiger partial charge in [-0.3, -0.25) is 14.3 Å². The number of halogens is 1. The summed E-state index contributed by atoms with van der Waals surface area (Å²) in [5.74, 6) is 0.389. The summed E-state index contributed by atoms with van der Waals surface area (Å²) in [5, 5.41) is 4.89. The number of imidazole rings is 1. The van der Waals surface area contributed by atoms with E-state index in [2.05, 4.69) is 32.6 Å². The SMILES string of the molecule is Cn1c(=O)[nH]c(=O)c2c1nc(NN=Cc1ccc(Cl)cc1)n2CCCc1ccccc1. The van der Waals surface area contributed by atoms with Gasteiger partial charge in [-0.1, -0.05) is 54.1 Å². The molecule has 0 saturated carbocycles. The summed E-state index contributed by atoms with van der Waals surface area (Å²) in [7, 11) is 1.57. The fraction of sp³-hybridized carbons (Fsp3) is 0.182. The molecule has 158 valence electrons. The number of hydrogen-bond acceptors (Lipinski definition) is 5. The number of hydrogen-bond donors (Lipinski definition) is 2. The van der Waals surface area contributed by atoms with Gasteiger partial charge in [-0.15, -0.1) is 0 Å². The Labute approximate surface area is 182 Å². The van der Waals surface area contributed by atoms with Crippen LogP contribution in [0.4, 0.5) is 5.95 Å². The van der Waals surface area contributed by atoms with Crippen molar-refractivity contribution in [2.45, 2.75) is 19.4 Å². The predicted octanol–water partition coefficient (Wildman–Crippen LogP) is 3.16. The van der Waals surface area contributed by atoms with E-state index in [9.17, 15) is 9.59 Å². The quantitative estimate of drug-likeness (QED) is 0.343. The summed E-state index contributed by atoms with van der Waals surface area (Å²) in [4.78, 5) is 31.3. The molecule has 0 aliphatic rings. The first-order chi connectivity index (χ1) is 15.0. The second kappa shape index (κ2) is 9.01. The van der Waals surface area contributed by atoms with Crippen molar-refractivity contribution in [2.24, 2.45) is 12.1 Å². The summed E-state index contributed by atoms with van der Waals surface area (Å²) < 4.78 is 3.08. The van der Waals surface area contributed by atoms with Gasteiger partial charge in [0.1, 0.15) is 0 Å². The minimum Gasteiger partial charge on any atom is -0.303 e. The molecule has 0 fully saturated rings. The molecule has 9 heteroatoms. The summed E-state index contributed by atoms with van der Waals surface area (Å²) in [6.45, 7) is 0.533. The lowest BCUT2D eigenvalue weighted by Gasteiger charge is -2.08. The number of fused-ring (bicyclic) bond motifs is 1. The molecule has 0 amide bonds. The van der Waals surface area contributed by atoms with Gasteiger partial charge in [0.25, 0.3) is 5.56 Å². The van der Waals surface area contributed by atoms with Crippen molar-refractivity contribution in [3.8, 4) is 0 Å². The van der Waals surface area contributed by atoms with Crippen LogP contribution in [0.5, 0.6) is 0 Å². The summed E-state index contributed by atoms with van der Waals surface area (Å²) >= 11 is 5.91. The molecular weight excluding hydrogens is 416 g/mol. The molecule has 2 heterocycles. The van der Waals surface area contributed by atoms with Crippen molar-refractivity contribution in [2.75, 3.05) is 5.43 Å². The van der Waals surface area contributed by atoms with E-state index in [1.807, 2.05) is 30.3 Å². The number of aromatic nitrogens is 4. The van der Waals surface area contributed by atoms with E-state index < -0.39 is 11.2 Å². The molecule has 4 aromatic rings. The number of nitrogens with zero attached hydrogens (tertiary/aromatic N) is 4. The number of aromatic amines is 1. The Morgan fingerprint density at radius 3 is 2.61 bits per heavy atom. The smallest absolute Gasteiger partial charge is 0.303 e. The van der Waals surface area contributed by atoms with Gasteiger partial charge in [0, 0.05) is 18.6 Å². The van der Waals surface area contributed by atoms with Crippen LogP contribution >= 0.6 is 11.6 Å². The van der Waals surface area contributed by atoms with Gasteiger partial charge in [0.2, 0.25) is 5.95 Å². The molecule has 0 unspecified atom stereocenters. The van der Waals surface area contributed by atoms with E-state index in [0.717, 1.165) is 18.4 Å². The van der Waals surface area contributed by atoms with Crippen molar-refractivity contribution >= 4 is 34.9 Å². The zero-order valence-corrected chi connectivity index (χ0v) is 17.6. The molecule has 31 heavy (non-hydrogen) atoms. The molecule has 2 aromatic heterocycles. The second-order valence-electron chi connectivity index (χ2n) is 7.09. The third-order valence-electron chi connectivity index (χ3n) is 4.95. The fourth-order valence-corrected chi connectivity index (χ4v) is 3.46. The van der Waals surface area contributed by atoms with Crippen LogP contribution in [0.1, 0.15) is 17.5 Å². The molecule has 2 N–H and O–H groups in total. The van der Waals surface area contributed by atoms with Crippen LogP contribution in [0.3, 0.4) is 0 Å². The highest BCUT2D eigenvalue weighted by Crippen LogP contribution is 2.17. The normalized spacial score (nSPS) is 11.4. The van der Waals surface area contributed by atoms with Crippen molar-refractivity contribution in [1.82, 2.24) is 19.1 Å². The average molecular weight is 437 g/mol. The predicted molar refractivity (Wildman–Crippen MR) is 123 cm³/mol. The van der Waals surface area contributed by atoms with Crippen molar-refractivity contribution in [3.63, 3.8) is 0 Å². The molecule has 2 aromatic carbocycles. The lowest BCUT2D eigenvalue weighted by Crippen LogP contribution is -2.29. The number of aryl methyl sites for hydroxylation is 3. The van der Waals surface area contributed by atoms with Gasteiger partial charge in [-0.25, -0.2) is 10.2 Å². The van der Waals surface area contributed by atoms with Gasteiger partial charge >= 0.3 is 5.69 Å². The third-order valence-corrected chi connectivity index (χ3v) is 5.20. The first-order valence-electron chi connectivity index (χ1n) is 9.81. The number of rotatable bonds is 7. The second-order valence-corrected chi connectivity index (χ2v) is 7.52. The molecule has 0 aliphatic heterocycles. The molecular formula is C22H21ClN6O2. The summed E-state index contributed by atoms with van der Waals surface area (Å²) in [5.41, 5.74) is 4.63. The highest BCUT2D eigenvalue weighted by atomic mass is 35.5. The zero-order chi connectivity index (χ0) is 21.8. The van der Waals surface area contributed by atoms with Crippen LogP contribution in [-0.4, -0.2) is 25.3 Å². The largest absolute Gasteiger partial charge is 0.329 e. The Morgan fingerprint density at radius 2 is 1.87 bits per heavy atom. The van der Waals surface area contributed by atoms with Crippen LogP contribution in [-0.2, 0) is 20.0 Å². The molecule has 0 saturated heterocycles. The minimum absolute atomic E-state index is 0.303. The van der Waals surface area contributed by atoms with Crippen LogP contribution in [0, 0.1) is 0 Å². The van der Waals surface area contributed by atoms with Crippen LogP contribution in [0.2, 0.25) is 5.02 Å².